The van der Waals surface area contributed by atoms with E-state index in [-0.39, 0.29) is 42.2 Å². The summed E-state index contributed by atoms with van der Waals surface area (Å²) >= 11 is 0. The van der Waals surface area contributed by atoms with Crippen LogP contribution in [0.15, 0.2) is 47.7 Å². The maximum Gasteiger partial charge on any atom is 0.251 e. The summed E-state index contributed by atoms with van der Waals surface area (Å²) in [5.74, 6) is -0.299. The number of nitrogens with one attached hydrogen (secondary N) is 1. The Bertz CT molecular complexity index is 928. The van der Waals surface area contributed by atoms with Crippen LogP contribution in [-0.4, -0.2) is 67.8 Å². The summed E-state index contributed by atoms with van der Waals surface area (Å²) in [6, 6.07) is 0. The molecule has 0 aromatic rings. The molecule has 0 saturated carbocycles. The molecule has 5 N–H and O–H groups in total. The summed E-state index contributed by atoms with van der Waals surface area (Å²) in [7, 11) is 0. The van der Waals surface area contributed by atoms with Crippen LogP contribution in [0.25, 0.3) is 0 Å². The van der Waals surface area contributed by atoms with Gasteiger partial charge in [0, 0.05) is 34.2 Å². The van der Waals surface area contributed by atoms with Crippen molar-refractivity contribution in [2.45, 2.75) is 61.2 Å². The molecule has 8 nitrogen and oxygen atoms in total. The fraction of sp³-hybridized carbons (Fsp3) is 0.640. The van der Waals surface area contributed by atoms with E-state index in [1.54, 1.807) is 0 Å². The molecular weight excluding hydrogens is 422 g/mol. The Morgan fingerprint density at radius 3 is 1.85 bits per heavy atom. The van der Waals surface area contributed by atoms with Crippen LogP contribution in [0.2, 0.25) is 0 Å². The minimum atomic E-state index is -0.627. The average molecular weight is 456 g/mol. The molecule has 2 aliphatic carbocycles. The molecule has 0 bridgehead atoms. The lowest BCUT2D eigenvalue weighted by Crippen LogP contribution is -2.53. The smallest absolute Gasteiger partial charge is 0.251 e. The first-order valence-electron chi connectivity index (χ1n) is 12.1. The van der Waals surface area contributed by atoms with E-state index in [0.29, 0.717) is 12.0 Å². The monoisotopic (exact) mass is 455 g/mol. The normalized spacial score (nSPS) is 44.7. The van der Waals surface area contributed by atoms with Crippen molar-refractivity contribution >= 4 is 5.91 Å². The van der Waals surface area contributed by atoms with E-state index in [4.69, 9.17) is 30.4 Å². The van der Waals surface area contributed by atoms with Gasteiger partial charge in [-0.2, -0.15) is 0 Å². The lowest BCUT2D eigenvalue weighted by Gasteiger charge is -2.40. The molecule has 8 heteroatoms. The van der Waals surface area contributed by atoms with Crippen molar-refractivity contribution in [3.05, 3.63) is 47.7 Å². The van der Waals surface area contributed by atoms with Crippen LogP contribution in [0.4, 0.5) is 0 Å². The second-order valence-corrected chi connectivity index (χ2v) is 10.4. The zero-order valence-corrected chi connectivity index (χ0v) is 18.8. The highest BCUT2D eigenvalue weighted by molar-refractivity contribution is 5.96. The summed E-state index contributed by atoms with van der Waals surface area (Å²) in [5, 5.41) is 3.22. The molecule has 6 rings (SSSR count). The number of amides is 1. The Morgan fingerprint density at radius 2 is 1.30 bits per heavy atom. The standard InChI is InChI=1S/C25H33N3O5/c26-24(9-17-13-32-17)5-1-3-19(20(24)7-15-11-30-15)23(29)28-22-4-2-6-25(27,10-18-14-33-18)21(22)8-16-12-31-16/h1-6,15-18,20-21H,7-14,26-27H2,(H,28,29). The fourth-order valence-corrected chi connectivity index (χ4v) is 5.48. The van der Waals surface area contributed by atoms with Crippen molar-refractivity contribution in [2.24, 2.45) is 23.3 Å². The third kappa shape index (κ3) is 4.87. The van der Waals surface area contributed by atoms with Crippen LogP contribution in [0.1, 0.15) is 25.7 Å². The van der Waals surface area contributed by atoms with Gasteiger partial charge in [0.1, 0.15) is 0 Å². The lowest BCUT2D eigenvalue weighted by atomic mass is 9.71. The summed E-state index contributed by atoms with van der Waals surface area (Å²) < 4.78 is 22.0. The topological polar surface area (TPSA) is 131 Å². The van der Waals surface area contributed by atoms with Gasteiger partial charge in [-0.3, -0.25) is 4.79 Å². The third-order valence-electron chi connectivity index (χ3n) is 7.70. The third-order valence-corrected chi connectivity index (χ3v) is 7.70. The van der Waals surface area contributed by atoms with Crippen LogP contribution in [0.3, 0.4) is 0 Å². The molecule has 1 amide bonds. The SMILES string of the molecule is NC1(CC2CO2)C=CC=C(NC(=O)C2=CC=CC(N)(CC3CO3)C2CC2CO2)C1CC1CO1. The first-order chi connectivity index (χ1) is 15.9. The largest absolute Gasteiger partial charge is 0.373 e. The number of carbonyl (C=O) groups is 1. The van der Waals surface area contributed by atoms with Gasteiger partial charge in [0.2, 0.25) is 0 Å². The zero-order chi connectivity index (χ0) is 22.6. The quantitative estimate of drug-likeness (QED) is 0.416. The Balaban J connectivity index is 1.22. The molecule has 6 aliphatic rings. The van der Waals surface area contributed by atoms with Crippen molar-refractivity contribution in [1.29, 1.82) is 0 Å². The Kier molecular flexibility index (Phi) is 5.36. The number of nitrogens with two attached hydrogens (primary N) is 2. The van der Waals surface area contributed by atoms with E-state index in [0.717, 1.165) is 51.4 Å². The second kappa shape index (κ2) is 8.15. The number of carbonyl (C=O) groups excluding carboxylic acids is 1. The highest BCUT2D eigenvalue weighted by Gasteiger charge is 2.48. The summed E-state index contributed by atoms with van der Waals surface area (Å²) in [6.07, 6.45) is 15.4. The Labute approximate surface area is 194 Å². The van der Waals surface area contributed by atoms with Gasteiger partial charge in [-0.15, -0.1) is 0 Å². The van der Waals surface area contributed by atoms with Crippen molar-refractivity contribution in [3.63, 3.8) is 0 Å². The fourth-order valence-electron chi connectivity index (χ4n) is 5.48. The number of allylic oxidation sites excluding steroid dienone is 4. The second-order valence-electron chi connectivity index (χ2n) is 10.4. The number of hydrogen-bond acceptors (Lipinski definition) is 7. The molecule has 4 aliphatic heterocycles. The zero-order valence-electron chi connectivity index (χ0n) is 18.8. The summed E-state index contributed by atoms with van der Waals surface area (Å²) in [4.78, 5) is 13.7. The first-order valence-corrected chi connectivity index (χ1v) is 12.1. The molecule has 8 atom stereocenters. The minimum Gasteiger partial charge on any atom is -0.373 e. The molecule has 8 unspecified atom stereocenters. The number of ether oxygens (including phenoxy) is 4. The van der Waals surface area contributed by atoms with Gasteiger partial charge in [-0.25, -0.2) is 0 Å². The lowest BCUT2D eigenvalue weighted by molar-refractivity contribution is -0.117. The van der Waals surface area contributed by atoms with Crippen molar-refractivity contribution in [3.8, 4) is 0 Å². The molecule has 0 aromatic heterocycles. The highest BCUT2D eigenvalue weighted by atomic mass is 16.6. The first kappa shape index (κ1) is 21.7. The average Bonchev–Trinajstić information content (AvgIpc) is 3.59. The summed E-state index contributed by atoms with van der Waals surface area (Å²) in [6.45, 7) is 2.95. The molecule has 0 radical (unpaired) electrons. The molecular formula is C25H33N3O5. The predicted molar refractivity (Wildman–Crippen MR) is 121 cm³/mol. The van der Waals surface area contributed by atoms with E-state index in [2.05, 4.69) is 5.32 Å². The van der Waals surface area contributed by atoms with Crippen molar-refractivity contribution < 1.29 is 23.7 Å². The van der Waals surface area contributed by atoms with E-state index in [9.17, 15) is 4.79 Å². The van der Waals surface area contributed by atoms with Gasteiger partial charge in [-0.05, 0) is 31.8 Å². The molecule has 178 valence electrons. The molecule has 4 heterocycles. The van der Waals surface area contributed by atoms with Crippen molar-refractivity contribution in [1.82, 2.24) is 5.32 Å². The van der Waals surface area contributed by atoms with Crippen LogP contribution in [-0.2, 0) is 23.7 Å². The van der Waals surface area contributed by atoms with E-state index in [1.807, 2.05) is 36.5 Å². The predicted octanol–water partition coefficient (Wildman–Crippen LogP) is 0.836. The van der Waals surface area contributed by atoms with Crippen LogP contribution >= 0.6 is 0 Å². The maximum atomic E-state index is 13.7. The van der Waals surface area contributed by atoms with Gasteiger partial charge in [0.15, 0.2) is 0 Å². The highest BCUT2D eigenvalue weighted by Crippen LogP contribution is 2.42. The minimum absolute atomic E-state index is 0.0457. The molecule has 33 heavy (non-hydrogen) atoms. The van der Waals surface area contributed by atoms with Gasteiger partial charge in [-0.1, -0.05) is 30.4 Å². The van der Waals surface area contributed by atoms with Gasteiger partial charge in [0.25, 0.3) is 5.91 Å². The van der Waals surface area contributed by atoms with Gasteiger partial charge in [0.05, 0.1) is 50.8 Å². The van der Waals surface area contributed by atoms with Crippen LogP contribution in [0, 0.1) is 11.8 Å². The van der Waals surface area contributed by atoms with Crippen LogP contribution in [0.5, 0.6) is 0 Å². The van der Waals surface area contributed by atoms with E-state index in [1.165, 1.54) is 0 Å². The number of hydrogen-bond donors (Lipinski definition) is 3. The Hall–Kier alpha value is -1.81. The van der Waals surface area contributed by atoms with E-state index < -0.39 is 11.1 Å². The number of epoxide rings is 4. The summed E-state index contributed by atoms with van der Waals surface area (Å²) in [5.41, 5.74) is 14.1. The van der Waals surface area contributed by atoms with Gasteiger partial charge >= 0.3 is 0 Å². The van der Waals surface area contributed by atoms with E-state index >= 15 is 0 Å². The van der Waals surface area contributed by atoms with Crippen LogP contribution < -0.4 is 16.8 Å². The molecule has 0 spiro atoms. The molecule has 4 fully saturated rings. The molecule has 4 saturated heterocycles. The van der Waals surface area contributed by atoms with Crippen molar-refractivity contribution in [2.75, 3.05) is 26.4 Å². The van der Waals surface area contributed by atoms with Gasteiger partial charge < -0.3 is 35.7 Å². The maximum absolute atomic E-state index is 13.7. The molecule has 0 aromatic carbocycles. The number of rotatable bonds is 10. The Morgan fingerprint density at radius 1 is 0.818 bits per heavy atom.